The normalized spacial score (nSPS) is 21.1. The van der Waals surface area contributed by atoms with E-state index in [1.54, 1.807) is 12.1 Å². The maximum atomic E-state index is 12.2. The number of nitrogens with zero attached hydrogens (tertiary/aromatic N) is 1. The van der Waals surface area contributed by atoms with Crippen molar-refractivity contribution in [2.24, 2.45) is 5.92 Å². The predicted octanol–water partition coefficient (Wildman–Crippen LogP) is 9.54. The number of hydrogen-bond acceptors (Lipinski definition) is 8. The minimum Gasteiger partial charge on any atom is -0.432 e. The fraction of sp³-hybridized carbons (Fsp3) is 0.641. The van der Waals surface area contributed by atoms with Gasteiger partial charge in [0.2, 0.25) is 0 Å². The van der Waals surface area contributed by atoms with Gasteiger partial charge in [-0.2, -0.15) is 0 Å². The first-order chi connectivity index (χ1) is 22.5. The minimum absolute atomic E-state index is 0.0218. The Bertz CT molecular complexity index is 1230. The van der Waals surface area contributed by atoms with Gasteiger partial charge in [-0.05, 0) is 101 Å². The van der Waals surface area contributed by atoms with Gasteiger partial charge in [-0.15, -0.1) is 0 Å². The van der Waals surface area contributed by atoms with Crippen molar-refractivity contribution in [3.05, 3.63) is 54.1 Å². The molecule has 2 aromatic carbocycles. The van der Waals surface area contributed by atoms with Crippen molar-refractivity contribution in [2.75, 3.05) is 33.5 Å². The summed E-state index contributed by atoms with van der Waals surface area (Å²) in [6.45, 7) is 11.3. The number of rotatable bonds is 14. The maximum absolute atomic E-state index is 12.2. The second kappa shape index (κ2) is 17.3. The lowest BCUT2D eigenvalue weighted by molar-refractivity contribution is -0.0832. The van der Waals surface area contributed by atoms with Crippen LogP contribution in [0.5, 0.6) is 5.75 Å². The molecule has 0 aromatic heterocycles. The summed E-state index contributed by atoms with van der Waals surface area (Å²) in [4.78, 5) is 26.6. The van der Waals surface area contributed by atoms with Gasteiger partial charge in [-0.25, -0.2) is 9.59 Å². The second-order valence-corrected chi connectivity index (χ2v) is 14.6. The van der Waals surface area contributed by atoms with Crippen molar-refractivity contribution < 1.29 is 33.3 Å². The molecule has 0 spiro atoms. The molecule has 0 amide bonds. The summed E-state index contributed by atoms with van der Waals surface area (Å²) in [6, 6.07) is 16.4. The molecule has 0 unspecified atom stereocenters. The highest BCUT2D eigenvalue weighted by Crippen LogP contribution is 2.39. The van der Waals surface area contributed by atoms with Crippen LogP contribution < -0.4 is 4.74 Å². The van der Waals surface area contributed by atoms with E-state index in [2.05, 4.69) is 70.8 Å². The van der Waals surface area contributed by atoms with Gasteiger partial charge in [0.15, 0.2) is 0 Å². The van der Waals surface area contributed by atoms with E-state index < -0.39 is 12.3 Å². The predicted molar refractivity (Wildman–Crippen MR) is 185 cm³/mol. The average Bonchev–Trinajstić information content (AvgIpc) is 3.04. The lowest BCUT2D eigenvalue weighted by atomic mass is 9.77. The largest absolute Gasteiger partial charge is 0.513 e. The van der Waals surface area contributed by atoms with Gasteiger partial charge in [-0.3, -0.25) is 4.90 Å². The van der Waals surface area contributed by atoms with Crippen LogP contribution >= 0.6 is 0 Å². The van der Waals surface area contributed by atoms with Crippen LogP contribution in [0.15, 0.2) is 48.5 Å². The summed E-state index contributed by atoms with van der Waals surface area (Å²) in [5, 5.41) is 0. The number of piperidine rings is 1. The Morgan fingerprint density at radius 1 is 0.745 bits per heavy atom. The lowest BCUT2D eigenvalue weighted by Crippen LogP contribution is -2.60. The maximum Gasteiger partial charge on any atom is 0.513 e. The number of likely N-dealkylation sites (tertiary alicyclic amines) is 1. The summed E-state index contributed by atoms with van der Waals surface area (Å²) >= 11 is 0. The molecule has 1 aliphatic heterocycles. The van der Waals surface area contributed by atoms with Crippen molar-refractivity contribution in [1.82, 2.24) is 4.90 Å². The van der Waals surface area contributed by atoms with E-state index in [9.17, 15) is 9.59 Å². The Balaban J connectivity index is 1.07. The van der Waals surface area contributed by atoms with E-state index in [1.165, 1.54) is 56.9 Å². The molecule has 8 nitrogen and oxygen atoms in total. The Morgan fingerprint density at radius 3 is 1.87 bits per heavy atom. The smallest absolute Gasteiger partial charge is 0.432 e. The number of carbonyl (C=O) groups excluding carboxylic acids is 2. The molecule has 47 heavy (non-hydrogen) atoms. The molecule has 260 valence electrons. The molecule has 4 rings (SSSR count). The molecule has 1 saturated heterocycles. The first-order valence-electron chi connectivity index (χ1n) is 17.7. The third-order valence-electron chi connectivity index (χ3n) is 10.3. The molecular weight excluding hydrogens is 594 g/mol. The Morgan fingerprint density at radius 2 is 1.30 bits per heavy atom. The van der Waals surface area contributed by atoms with Crippen LogP contribution in [-0.2, 0) is 18.9 Å². The van der Waals surface area contributed by atoms with Crippen LogP contribution in [0.3, 0.4) is 0 Å². The van der Waals surface area contributed by atoms with E-state index >= 15 is 0 Å². The zero-order valence-electron chi connectivity index (χ0n) is 29.6. The fourth-order valence-corrected chi connectivity index (χ4v) is 7.26. The molecule has 0 bridgehead atoms. The zero-order valence-corrected chi connectivity index (χ0v) is 29.6. The van der Waals surface area contributed by atoms with Gasteiger partial charge in [0.1, 0.15) is 25.1 Å². The lowest BCUT2D eigenvalue weighted by Gasteiger charge is -2.52. The fourth-order valence-electron chi connectivity index (χ4n) is 7.26. The molecule has 0 atom stereocenters. The summed E-state index contributed by atoms with van der Waals surface area (Å²) < 4.78 is 26.6. The summed E-state index contributed by atoms with van der Waals surface area (Å²) in [5.74, 6) is 2.00. The van der Waals surface area contributed by atoms with Crippen molar-refractivity contribution in [3.63, 3.8) is 0 Å². The third-order valence-corrected chi connectivity index (χ3v) is 10.3. The van der Waals surface area contributed by atoms with E-state index in [4.69, 9.17) is 23.7 Å². The van der Waals surface area contributed by atoms with Gasteiger partial charge >= 0.3 is 12.3 Å². The first kappa shape index (κ1) is 36.7. The number of unbranched alkanes of at least 4 members (excludes halogenated alkanes) is 2. The van der Waals surface area contributed by atoms with Crippen LogP contribution in [-0.4, -0.2) is 67.9 Å². The monoisotopic (exact) mass is 651 g/mol. The molecule has 2 aliphatic rings. The SMILES string of the molecule is CCCCCC1CCC(c2ccc(-c3ccc(OC(=O)OCCOCCOC(=O)OC4CC(C)(C)N(C)C(C)(C)C4)cc3)cc2)CC1. The highest BCUT2D eigenvalue weighted by molar-refractivity contribution is 5.67. The van der Waals surface area contributed by atoms with E-state index in [1.807, 2.05) is 12.1 Å². The Hall–Kier alpha value is -3.10. The van der Waals surface area contributed by atoms with Gasteiger partial charge in [0.25, 0.3) is 0 Å². The summed E-state index contributed by atoms with van der Waals surface area (Å²) in [7, 11) is 2.10. The molecule has 2 aromatic rings. The Labute approximate surface area is 282 Å². The van der Waals surface area contributed by atoms with Gasteiger partial charge in [-0.1, -0.05) is 69.0 Å². The molecule has 1 heterocycles. The average molecular weight is 652 g/mol. The van der Waals surface area contributed by atoms with E-state index in [-0.39, 0.29) is 43.6 Å². The van der Waals surface area contributed by atoms with Crippen LogP contribution in [0.1, 0.15) is 110 Å². The molecule has 2 fully saturated rings. The number of hydrogen-bond donors (Lipinski definition) is 0. The minimum atomic E-state index is -0.797. The van der Waals surface area contributed by atoms with Crippen molar-refractivity contribution in [3.8, 4) is 16.9 Å². The third kappa shape index (κ3) is 11.2. The van der Waals surface area contributed by atoms with Crippen LogP contribution in [0, 0.1) is 5.92 Å². The zero-order chi connectivity index (χ0) is 33.9. The molecule has 0 N–H and O–H groups in total. The Kier molecular flexibility index (Phi) is 13.6. The second-order valence-electron chi connectivity index (χ2n) is 14.6. The molecular formula is C39H57NO7. The van der Waals surface area contributed by atoms with E-state index in [0.29, 0.717) is 11.7 Å². The quantitative estimate of drug-likeness (QED) is 0.113. The van der Waals surface area contributed by atoms with Crippen molar-refractivity contribution in [2.45, 2.75) is 122 Å². The van der Waals surface area contributed by atoms with Gasteiger partial charge < -0.3 is 23.7 Å². The molecule has 8 heteroatoms. The van der Waals surface area contributed by atoms with Crippen molar-refractivity contribution in [1.29, 1.82) is 0 Å². The van der Waals surface area contributed by atoms with Crippen molar-refractivity contribution >= 4 is 12.3 Å². The number of ether oxygens (including phenoxy) is 5. The number of carbonyl (C=O) groups is 2. The van der Waals surface area contributed by atoms with E-state index in [0.717, 1.165) is 29.9 Å². The number of benzene rings is 2. The molecule has 0 radical (unpaired) electrons. The standard InChI is InChI=1S/C39H57NO7/c1-7-8-9-10-29-11-13-30(14-12-29)31-15-17-32(18-16-31)33-19-21-34(22-20-33)46-36(41)44-25-23-43-24-26-45-37(42)47-35-27-38(2,3)40(6)39(4,5)28-35/h15-22,29-30,35H,7-14,23-28H2,1-6H3. The summed E-state index contributed by atoms with van der Waals surface area (Å²) in [6.07, 6.45) is 10.6. The topological polar surface area (TPSA) is 83.5 Å². The van der Waals surface area contributed by atoms with Crippen LogP contribution in [0.2, 0.25) is 0 Å². The highest BCUT2D eigenvalue weighted by Gasteiger charge is 2.44. The summed E-state index contributed by atoms with van der Waals surface area (Å²) in [5.41, 5.74) is 3.48. The van der Waals surface area contributed by atoms with Gasteiger partial charge in [0.05, 0.1) is 13.2 Å². The molecule has 1 saturated carbocycles. The van der Waals surface area contributed by atoms with Crippen LogP contribution in [0.4, 0.5) is 9.59 Å². The molecule has 1 aliphatic carbocycles. The van der Waals surface area contributed by atoms with Crippen LogP contribution in [0.25, 0.3) is 11.1 Å². The highest BCUT2D eigenvalue weighted by atomic mass is 16.7. The van der Waals surface area contributed by atoms with Gasteiger partial charge in [0, 0.05) is 23.9 Å². The first-order valence-corrected chi connectivity index (χ1v) is 17.7.